The molecule has 3 N–H and O–H groups in total. The Morgan fingerprint density at radius 3 is 2.79 bits per heavy atom. The molecule has 4 rings (SSSR count). The molecule has 2 fully saturated rings. The Hall–Kier alpha value is -2.36. The third-order valence-electron chi connectivity index (χ3n) is 6.42. The average molecular weight is 379 g/mol. The van der Waals surface area contributed by atoms with Gasteiger partial charge in [0, 0.05) is 36.0 Å². The fraction of sp³-hybridized carbons (Fsp3) is 0.500. The Morgan fingerprint density at radius 1 is 1.18 bits per heavy atom. The predicted molar refractivity (Wildman–Crippen MR) is 118 cm³/mol. The fourth-order valence-corrected chi connectivity index (χ4v) is 4.41. The van der Waals surface area contributed by atoms with Crippen molar-refractivity contribution in [1.82, 2.24) is 20.5 Å². The summed E-state index contributed by atoms with van der Waals surface area (Å²) >= 11 is 0. The van der Waals surface area contributed by atoms with Crippen molar-refractivity contribution in [3.05, 3.63) is 60.2 Å². The monoisotopic (exact) mass is 378 g/mol. The largest absolute Gasteiger partial charge is 0.373 e. The maximum atomic E-state index is 4.38. The van der Waals surface area contributed by atoms with Crippen LogP contribution in [-0.4, -0.2) is 29.0 Å². The van der Waals surface area contributed by atoms with Crippen molar-refractivity contribution in [2.24, 2.45) is 5.92 Å². The highest BCUT2D eigenvalue weighted by atomic mass is 15.2. The van der Waals surface area contributed by atoms with Gasteiger partial charge in [0.05, 0.1) is 12.4 Å². The van der Waals surface area contributed by atoms with E-state index in [-0.39, 0.29) is 0 Å². The Morgan fingerprint density at radius 2 is 2.04 bits per heavy atom. The first-order valence-electron chi connectivity index (χ1n) is 10.9. The van der Waals surface area contributed by atoms with E-state index in [1.165, 1.54) is 60.0 Å². The van der Waals surface area contributed by atoms with Crippen LogP contribution in [0.25, 0.3) is 10.9 Å². The highest BCUT2D eigenvalue weighted by Crippen LogP contribution is 2.34. The number of rotatable bonds is 8. The number of aryl methyl sites for hydroxylation is 1. The van der Waals surface area contributed by atoms with E-state index in [1.807, 2.05) is 0 Å². The first-order valence-corrected chi connectivity index (χ1v) is 10.9. The fourth-order valence-electron chi connectivity index (χ4n) is 4.41. The third kappa shape index (κ3) is 4.21. The molecule has 0 radical (unpaired) electrons. The molecule has 28 heavy (non-hydrogen) atoms. The van der Waals surface area contributed by atoms with Crippen LogP contribution in [0, 0.1) is 5.92 Å². The summed E-state index contributed by atoms with van der Waals surface area (Å²) in [6.07, 6.45) is 7.51. The zero-order chi connectivity index (χ0) is 19.5. The van der Waals surface area contributed by atoms with Crippen molar-refractivity contribution in [3.8, 4) is 0 Å². The first-order chi connectivity index (χ1) is 13.6. The number of benzene rings is 1. The number of nitrogens with zero attached hydrogens (tertiary/aromatic N) is 1. The summed E-state index contributed by atoms with van der Waals surface area (Å²) in [6.45, 7) is 13.7. The van der Waals surface area contributed by atoms with Gasteiger partial charge < -0.3 is 20.5 Å². The van der Waals surface area contributed by atoms with Crippen molar-refractivity contribution < 1.29 is 0 Å². The number of piperidine rings is 1. The third-order valence-corrected chi connectivity index (χ3v) is 6.42. The lowest BCUT2D eigenvalue weighted by molar-refractivity contribution is 0.193. The van der Waals surface area contributed by atoms with Gasteiger partial charge in [0.25, 0.3) is 0 Å². The summed E-state index contributed by atoms with van der Waals surface area (Å²) in [5.74, 6) is 1.64. The summed E-state index contributed by atoms with van der Waals surface area (Å²) in [6, 6.07) is 9.33. The molecule has 1 aromatic heterocycles. The zero-order valence-corrected chi connectivity index (χ0v) is 17.2. The molecule has 1 aliphatic carbocycles. The minimum atomic E-state index is 0.445. The van der Waals surface area contributed by atoms with Crippen molar-refractivity contribution in [1.29, 1.82) is 0 Å². The number of likely N-dealkylation sites (tertiary alicyclic amines) is 1. The van der Waals surface area contributed by atoms with Crippen LogP contribution in [0.3, 0.4) is 0 Å². The van der Waals surface area contributed by atoms with Gasteiger partial charge in [-0.15, -0.1) is 0 Å². The van der Waals surface area contributed by atoms with Gasteiger partial charge in [0.2, 0.25) is 0 Å². The molecule has 2 aromatic rings. The molecule has 1 aromatic carbocycles. The lowest BCUT2D eigenvalue weighted by Crippen LogP contribution is -2.47. The summed E-state index contributed by atoms with van der Waals surface area (Å²) < 4.78 is 0. The lowest BCUT2D eigenvalue weighted by Gasteiger charge is -2.41. The molecule has 0 spiro atoms. The van der Waals surface area contributed by atoms with E-state index in [1.54, 1.807) is 0 Å². The number of allylic oxidation sites excluding steroid dienone is 1. The maximum absolute atomic E-state index is 4.38. The average Bonchev–Trinajstić information content (AvgIpc) is 3.07. The number of hydrogen-bond donors (Lipinski definition) is 3. The first kappa shape index (κ1) is 19.0. The van der Waals surface area contributed by atoms with Gasteiger partial charge in [-0.2, -0.15) is 0 Å². The van der Waals surface area contributed by atoms with Crippen molar-refractivity contribution in [3.63, 3.8) is 0 Å². The molecule has 1 saturated carbocycles. The van der Waals surface area contributed by atoms with Crippen molar-refractivity contribution in [2.75, 3.05) is 13.1 Å². The van der Waals surface area contributed by atoms with Gasteiger partial charge in [-0.3, -0.25) is 0 Å². The Bertz CT molecular complexity index is 845. The van der Waals surface area contributed by atoms with E-state index in [9.17, 15) is 0 Å². The number of aromatic amines is 1. The van der Waals surface area contributed by atoms with Crippen LogP contribution in [0.5, 0.6) is 0 Å². The highest BCUT2D eigenvalue weighted by Gasteiger charge is 2.28. The van der Waals surface area contributed by atoms with Gasteiger partial charge in [0.1, 0.15) is 0 Å². The normalized spacial score (nSPS) is 20.0. The smallest absolute Gasteiger partial charge is 0.0918 e. The van der Waals surface area contributed by atoms with E-state index >= 15 is 0 Å². The van der Waals surface area contributed by atoms with E-state index in [0.29, 0.717) is 6.04 Å². The van der Waals surface area contributed by atoms with E-state index < -0.39 is 0 Å². The second kappa shape index (κ2) is 8.34. The quantitative estimate of drug-likeness (QED) is 0.626. The molecule has 150 valence electrons. The van der Waals surface area contributed by atoms with Crippen LogP contribution >= 0.6 is 0 Å². The SMILES string of the molecule is C=C(NCc1cc2cc(CC)ccc2[nH]1)NC1CCCN(C(=C)C2CCC2)C1. The van der Waals surface area contributed by atoms with Gasteiger partial charge >= 0.3 is 0 Å². The van der Waals surface area contributed by atoms with E-state index in [4.69, 9.17) is 0 Å². The Balaban J connectivity index is 1.27. The van der Waals surface area contributed by atoms with Crippen LogP contribution in [0.1, 0.15) is 50.3 Å². The topological polar surface area (TPSA) is 43.1 Å². The van der Waals surface area contributed by atoms with E-state index in [2.05, 4.69) is 64.9 Å². The number of H-pyrrole nitrogens is 1. The van der Waals surface area contributed by atoms with Crippen molar-refractivity contribution in [2.45, 2.75) is 58.0 Å². The minimum Gasteiger partial charge on any atom is -0.373 e. The molecule has 2 aliphatic rings. The van der Waals surface area contributed by atoms with Crippen LogP contribution in [-0.2, 0) is 13.0 Å². The van der Waals surface area contributed by atoms with Gasteiger partial charge in [0.15, 0.2) is 0 Å². The number of aromatic nitrogens is 1. The zero-order valence-electron chi connectivity index (χ0n) is 17.2. The molecule has 4 heteroatoms. The van der Waals surface area contributed by atoms with E-state index in [0.717, 1.165) is 37.8 Å². The molecular formula is C24H34N4. The molecule has 0 bridgehead atoms. The molecule has 1 saturated heterocycles. The summed E-state index contributed by atoms with van der Waals surface area (Å²) in [5, 5.41) is 8.33. The molecule has 1 atom stereocenters. The molecule has 1 unspecified atom stereocenters. The number of fused-ring (bicyclic) bond motifs is 1. The molecule has 4 nitrogen and oxygen atoms in total. The van der Waals surface area contributed by atoms with Crippen LogP contribution in [0.4, 0.5) is 0 Å². The van der Waals surface area contributed by atoms with Crippen LogP contribution < -0.4 is 10.6 Å². The number of hydrogen-bond acceptors (Lipinski definition) is 3. The van der Waals surface area contributed by atoms with Crippen molar-refractivity contribution >= 4 is 10.9 Å². The molecule has 0 amide bonds. The molecular weight excluding hydrogens is 344 g/mol. The standard InChI is InChI=1S/C24H34N4/c1-4-19-10-11-24-21(13-19)14-23(27-24)15-25-18(3)26-22-9-6-12-28(16-22)17(2)20-7-5-8-20/h10-11,13-14,20,22,25-27H,2-9,12,15-16H2,1H3. The summed E-state index contributed by atoms with van der Waals surface area (Å²) in [5.41, 5.74) is 5.13. The summed E-state index contributed by atoms with van der Waals surface area (Å²) in [7, 11) is 0. The Kier molecular flexibility index (Phi) is 5.65. The van der Waals surface area contributed by atoms with Gasteiger partial charge in [-0.1, -0.05) is 32.6 Å². The Labute approximate surface area is 169 Å². The summed E-state index contributed by atoms with van der Waals surface area (Å²) in [4.78, 5) is 6.00. The van der Waals surface area contributed by atoms with Crippen LogP contribution in [0.15, 0.2) is 48.9 Å². The highest BCUT2D eigenvalue weighted by molar-refractivity contribution is 5.81. The second-order valence-corrected chi connectivity index (χ2v) is 8.45. The lowest BCUT2D eigenvalue weighted by atomic mass is 9.82. The predicted octanol–water partition coefficient (Wildman–Crippen LogP) is 4.66. The van der Waals surface area contributed by atoms with Crippen LogP contribution in [0.2, 0.25) is 0 Å². The number of nitrogens with one attached hydrogen (secondary N) is 3. The van der Waals surface area contributed by atoms with Gasteiger partial charge in [-0.25, -0.2) is 0 Å². The second-order valence-electron chi connectivity index (χ2n) is 8.45. The molecule has 2 heterocycles. The maximum Gasteiger partial charge on any atom is 0.0918 e. The molecule has 1 aliphatic heterocycles. The van der Waals surface area contributed by atoms with Gasteiger partial charge in [-0.05, 0) is 67.2 Å². The minimum absolute atomic E-state index is 0.445.